The van der Waals surface area contributed by atoms with Gasteiger partial charge in [-0.25, -0.2) is 0 Å². The van der Waals surface area contributed by atoms with Crippen molar-refractivity contribution in [3.05, 3.63) is 35.4 Å². The first-order chi connectivity index (χ1) is 10.2. The van der Waals surface area contributed by atoms with Crippen molar-refractivity contribution in [2.24, 2.45) is 11.7 Å². The van der Waals surface area contributed by atoms with E-state index in [9.17, 15) is 9.90 Å². The second-order valence-corrected chi connectivity index (χ2v) is 7.04. The number of hydrogen-bond acceptors (Lipinski definition) is 3. The molecule has 1 amide bonds. The maximum atomic E-state index is 11.9. The average molecular weight is 343 g/mol. The lowest BCUT2D eigenvalue weighted by atomic mass is 9.86. The summed E-state index contributed by atoms with van der Waals surface area (Å²) in [7, 11) is 0. The molecule has 0 radical (unpaired) electrons. The molecule has 4 N–H and O–H groups in total. The molecule has 1 rings (SSSR count). The van der Waals surface area contributed by atoms with Crippen molar-refractivity contribution in [2.45, 2.75) is 58.6 Å². The Kier molecular flexibility index (Phi) is 8.82. The molecule has 0 heterocycles. The number of carbonyl (C=O) groups excluding carboxylic acids is 1. The standard InChI is InChI=1S/C18H30N2O2.ClH/c1-6-12(2)16(19)17(22)20-11-15(21)13-7-9-14(10-8-13)18(3,4)5;/h7-10,12,15-16,21H,6,11,19H2,1-5H3,(H,20,22);1H. The fourth-order valence-electron chi connectivity index (χ4n) is 2.15. The lowest BCUT2D eigenvalue weighted by Crippen LogP contribution is -2.45. The molecule has 5 heteroatoms. The summed E-state index contributed by atoms with van der Waals surface area (Å²) in [5.74, 6) is -0.0806. The SMILES string of the molecule is CCC(C)C(N)C(=O)NCC(O)c1ccc(C(C)(C)C)cc1.Cl. The number of amides is 1. The molecule has 23 heavy (non-hydrogen) atoms. The van der Waals surface area contributed by atoms with Crippen molar-refractivity contribution in [1.29, 1.82) is 0 Å². The summed E-state index contributed by atoms with van der Waals surface area (Å²) < 4.78 is 0. The van der Waals surface area contributed by atoms with Gasteiger partial charge in [-0.2, -0.15) is 0 Å². The molecule has 0 saturated carbocycles. The monoisotopic (exact) mass is 342 g/mol. The molecule has 0 aliphatic carbocycles. The van der Waals surface area contributed by atoms with E-state index in [1.165, 1.54) is 5.56 Å². The predicted molar refractivity (Wildman–Crippen MR) is 97.8 cm³/mol. The van der Waals surface area contributed by atoms with Gasteiger partial charge in [-0.3, -0.25) is 4.79 Å². The topological polar surface area (TPSA) is 75.4 Å². The molecule has 3 unspecified atom stereocenters. The van der Waals surface area contributed by atoms with Crippen molar-refractivity contribution >= 4 is 18.3 Å². The van der Waals surface area contributed by atoms with Gasteiger partial charge in [-0.05, 0) is 22.5 Å². The van der Waals surface area contributed by atoms with Gasteiger partial charge in [0, 0.05) is 6.54 Å². The van der Waals surface area contributed by atoms with Crippen LogP contribution < -0.4 is 11.1 Å². The molecule has 0 fully saturated rings. The van der Waals surface area contributed by atoms with Gasteiger partial charge in [0.1, 0.15) is 0 Å². The number of hydrogen-bond donors (Lipinski definition) is 3. The van der Waals surface area contributed by atoms with Gasteiger partial charge in [0.2, 0.25) is 5.91 Å². The van der Waals surface area contributed by atoms with Gasteiger partial charge >= 0.3 is 0 Å². The van der Waals surface area contributed by atoms with Crippen LogP contribution in [0.5, 0.6) is 0 Å². The zero-order chi connectivity index (χ0) is 16.9. The molecule has 4 nitrogen and oxygen atoms in total. The van der Waals surface area contributed by atoms with E-state index in [0.29, 0.717) is 0 Å². The molecular formula is C18H31ClN2O2. The molecule has 0 spiro atoms. The fraction of sp³-hybridized carbons (Fsp3) is 0.611. The van der Waals surface area contributed by atoms with Crippen LogP contribution in [0, 0.1) is 5.92 Å². The molecule has 0 aliphatic heterocycles. The summed E-state index contributed by atoms with van der Waals surface area (Å²) >= 11 is 0. The van der Waals surface area contributed by atoms with Gasteiger partial charge in [0.05, 0.1) is 12.1 Å². The fourth-order valence-corrected chi connectivity index (χ4v) is 2.15. The van der Waals surface area contributed by atoms with Crippen LogP contribution in [0.4, 0.5) is 0 Å². The Balaban J connectivity index is 0.00000484. The number of aliphatic hydroxyl groups is 1. The van der Waals surface area contributed by atoms with Gasteiger partial charge in [0.25, 0.3) is 0 Å². The molecule has 0 aromatic heterocycles. The van der Waals surface area contributed by atoms with Crippen LogP contribution >= 0.6 is 12.4 Å². The van der Waals surface area contributed by atoms with Crippen molar-refractivity contribution in [2.75, 3.05) is 6.54 Å². The summed E-state index contributed by atoms with van der Waals surface area (Å²) in [6.45, 7) is 10.6. The summed E-state index contributed by atoms with van der Waals surface area (Å²) in [5.41, 5.74) is 7.97. The van der Waals surface area contributed by atoms with Crippen LogP contribution in [0.3, 0.4) is 0 Å². The summed E-state index contributed by atoms with van der Waals surface area (Å²) in [6, 6.07) is 7.33. The minimum atomic E-state index is -0.720. The zero-order valence-electron chi connectivity index (χ0n) is 14.8. The van der Waals surface area contributed by atoms with Crippen molar-refractivity contribution in [1.82, 2.24) is 5.32 Å². The van der Waals surface area contributed by atoms with Crippen LogP contribution in [0.1, 0.15) is 58.3 Å². The molecule has 0 saturated heterocycles. The number of benzene rings is 1. The molecule has 0 aliphatic rings. The Bertz CT molecular complexity index is 483. The maximum absolute atomic E-state index is 11.9. The minimum absolute atomic E-state index is 0. The third-order valence-corrected chi connectivity index (χ3v) is 4.19. The van der Waals surface area contributed by atoms with Gasteiger partial charge in [0.15, 0.2) is 0 Å². The van der Waals surface area contributed by atoms with Gasteiger partial charge in [-0.1, -0.05) is 65.3 Å². The largest absolute Gasteiger partial charge is 0.387 e. The highest BCUT2D eigenvalue weighted by Gasteiger charge is 2.20. The first-order valence-corrected chi connectivity index (χ1v) is 7.98. The van der Waals surface area contributed by atoms with E-state index in [4.69, 9.17) is 5.73 Å². The molecule has 132 valence electrons. The highest BCUT2D eigenvalue weighted by Crippen LogP contribution is 2.23. The molecule has 1 aromatic carbocycles. The predicted octanol–water partition coefficient (Wildman–Crippen LogP) is 2.93. The van der Waals surface area contributed by atoms with E-state index in [1.807, 2.05) is 38.1 Å². The van der Waals surface area contributed by atoms with Crippen LogP contribution in [0.2, 0.25) is 0 Å². The number of rotatable bonds is 6. The van der Waals surface area contributed by atoms with E-state index in [2.05, 4.69) is 26.1 Å². The van der Waals surface area contributed by atoms with Gasteiger partial charge in [-0.15, -0.1) is 12.4 Å². The van der Waals surface area contributed by atoms with Crippen molar-refractivity contribution in [3.8, 4) is 0 Å². The van der Waals surface area contributed by atoms with Crippen molar-refractivity contribution in [3.63, 3.8) is 0 Å². The molecule has 3 atom stereocenters. The van der Waals surface area contributed by atoms with E-state index >= 15 is 0 Å². The van der Waals surface area contributed by atoms with Crippen LogP contribution in [-0.4, -0.2) is 23.6 Å². The third-order valence-electron chi connectivity index (χ3n) is 4.19. The summed E-state index contributed by atoms with van der Waals surface area (Å²) in [6.07, 6.45) is 0.132. The zero-order valence-corrected chi connectivity index (χ0v) is 15.6. The highest BCUT2D eigenvalue weighted by atomic mass is 35.5. The second kappa shape index (κ2) is 9.26. The first kappa shape index (κ1) is 21.9. The first-order valence-electron chi connectivity index (χ1n) is 7.98. The minimum Gasteiger partial charge on any atom is -0.387 e. The van der Waals surface area contributed by atoms with E-state index in [0.717, 1.165) is 12.0 Å². The van der Waals surface area contributed by atoms with E-state index in [-0.39, 0.29) is 36.2 Å². The normalized spacial score (nSPS) is 15.3. The number of aliphatic hydroxyl groups excluding tert-OH is 1. The Morgan fingerprint density at radius 2 is 1.78 bits per heavy atom. The summed E-state index contributed by atoms with van der Waals surface area (Å²) in [4.78, 5) is 11.9. The lowest BCUT2D eigenvalue weighted by Gasteiger charge is -2.21. The van der Waals surface area contributed by atoms with Gasteiger partial charge < -0.3 is 16.2 Å². The molecule has 1 aromatic rings. The Labute approximate surface area is 146 Å². The van der Waals surface area contributed by atoms with Crippen LogP contribution in [0.15, 0.2) is 24.3 Å². The molecule has 0 bridgehead atoms. The second-order valence-electron chi connectivity index (χ2n) is 7.04. The van der Waals surface area contributed by atoms with Crippen LogP contribution in [0.25, 0.3) is 0 Å². The number of halogens is 1. The highest BCUT2D eigenvalue weighted by molar-refractivity contribution is 5.85. The maximum Gasteiger partial charge on any atom is 0.237 e. The number of carbonyl (C=O) groups is 1. The van der Waals surface area contributed by atoms with E-state index in [1.54, 1.807) is 0 Å². The Morgan fingerprint density at radius 1 is 1.26 bits per heavy atom. The summed E-state index contributed by atoms with van der Waals surface area (Å²) in [5, 5.41) is 12.9. The van der Waals surface area contributed by atoms with Crippen molar-refractivity contribution < 1.29 is 9.90 Å². The Hall–Kier alpha value is -1.10. The smallest absolute Gasteiger partial charge is 0.237 e. The third kappa shape index (κ3) is 6.50. The number of nitrogens with two attached hydrogens (primary N) is 1. The lowest BCUT2D eigenvalue weighted by molar-refractivity contribution is -0.123. The Morgan fingerprint density at radius 3 is 2.22 bits per heavy atom. The van der Waals surface area contributed by atoms with E-state index < -0.39 is 12.1 Å². The molecular weight excluding hydrogens is 312 g/mol. The van der Waals surface area contributed by atoms with Crippen LogP contribution in [-0.2, 0) is 10.2 Å². The quantitative estimate of drug-likeness (QED) is 0.744. The average Bonchev–Trinajstić information content (AvgIpc) is 2.49. The number of nitrogens with one attached hydrogen (secondary N) is 1.